The first-order valence-electron chi connectivity index (χ1n) is 11.4. The Labute approximate surface area is 209 Å². The highest BCUT2D eigenvalue weighted by Gasteiger charge is 2.23. The van der Waals surface area contributed by atoms with Crippen LogP contribution in [0.5, 0.6) is 17.4 Å². The fourth-order valence-corrected chi connectivity index (χ4v) is 3.75. The quantitative estimate of drug-likeness (QED) is 0.384. The summed E-state index contributed by atoms with van der Waals surface area (Å²) < 4.78 is 11.3. The maximum Gasteiger partial charge on any atom is 0.267 e. The number of nitrogens with zero attached hydrogens (tertiary/aromatic N) is 3. The minimum atomic E-state index is -0.319. The number of carbonyl (C=O) groups excluding carboxylic acids is 2. The number of benzene rings is 2. The molecule has 10 nitrogen and oxygen atoms in total. The van der Waals surface area contributed by atoms with E-state index in [1.54, 1.807) is 31.2 Å². The summed E-state index contributed by atoms with van der Waals surface area (Å²) in [7, 11) is 1.51. The molecule has 1 fully saturated rings. The van der Waals surface area contributed by atoms with Crippen molar-refractivity contribution in [1.29, 1.82) is 0 Å². The van der Waals surface area contributed by atoms with Gasteiger partial charge in [-0.15, -0.1) is 0 Å². The second-order valence-electron chi connectivity index (χ2n) is 8.19. The normalized spacial score (nSPS) is 14.6. The maximum atomic E-state index is 11.6. The first kappa shape index (κ1) is 24.5. The zero-order chi connectivity index (χ0) is 25.5. The third-order valence-electron chi connectivity index (χ3n) is 5.59. The number of ether oxygens (including phenoxy) is 2. The van der Waals surface area contributed by atoms with Crippen LogP contribution in [-0.2, 0) is 9.59 Å². The van der Waals surface area contributed by atoms with E-state index in [4.69, 9.17) is 9.47 Å². The highest BCUT2D eigenvalue weighted by atomic mass is 16.5. The van der Waals surface area contributed by atoms with Crippen LogP contribution in [0.3, 0.4) is 0 Å². The lowest BCUT2D eigenvalue weighted by atomic mass is 10.2. The molecule has 0 aliphatic carbocycles. The van der Waals surface area contributed by atoms with Crippen LogP contribution in [0.25, 0.3) is 0 Å². The molecule has 2 heterocycles. The Bertz CT molecular complexity index is 1250. The zero-order valence-electron chi connectivity index (χ0n) is 20.2. The molecule has 0 saturated carbocycles. The van der Waals surface area contributed by atoms with Gasteiger partial charge in [0.2, 0.25) is 17.8 Å². The maximum absolute atomic E-state index is 11.6. The molecule has 3 aromatic rings. The molecule has 186 valence electrons. The first-order chi connectivity index (χ1) is 17.4. The number of likely N-dealkylation sites (tertiary alicyclic amines) is 1. The third kappa shape index (κ3) is 6.29. The number of anilines is 4. The van der Waals surface area contributed by atoms with Gasteiger partial charge < -0.3 is 30.3 Å². The van der Waals surface area contributed by atoms with Gasteiger partial charge in [-0.25, -0.2) is 4.98 Å². The Hall–Kier alpha value is -4.60. The van der Waals surface area contributed by atoms with Crippen molar-refractivity contribution in [2.45, 2.75) is 19.4 Å². The van der Waals surface area contributed by atoms with Gasteiger partial charge in [0.1, 0.15) is 5.75 Å². The Kier molecular flexibility index (Phi) is 7.64. The van der Waals surface area contributed by atoms with Gasteiger partial charge in [-0.05, 0) is 48.9 Å². The molecule has 0 spiro atoms. The van der Waals surface area contributed by atoms with E-state index in [1.807, 2.05) is 29.2 Å². The monoisotopic (exact) mass is 488 g/mol. The van der Waals surface area contributed by atoms with Gasteiger partial charge >= 0.3 is 0 Å². The van der Waals surface area contributed by atoms with Crippen LogP contribution >= 0.6 is 0 Å². The molecule has 1 aliphatic rings. The van der Waals surface area contributed by atoms with Crippen LogP contribution in [0.4, 0.5) is 23.0 Å². The molecule has 1 saturated heterocycles. The second-order valence-corrected chi connectivity index (χ2v) is 8.19. The highest BCUT2D eigenvalue weighted by molar-refractivity contribution is 5.98. The summed E-state index contributed by atoms with van der Waals surface area (Å²) in [4.78, 5) is 33.7. The molecule has 2 amide bonds. The van der Waals surface area contributed by atoms with Crippen molar-refractivity contribution in [3.05, 3.63) is 67.4 Å². The Balaban J connectivity index is 1.42. The largest absolute Gasteiger partial charge is 0.490 e. The van der Waals surface area contributed by atoms with Crippen molar-refractivity contribution in [3.8, 4) is 17.4 Å². The first-order valence-corrected chi connectivity index (χ1v) is 11.4. The van der Waals surface area contributed by atoms with Gasteiger partial charge in [0.05, 0.1) is 13.3 Å². The number of carbonyl (C=O) groups is 2. The summed E-state index contributed by atoms with van der Waals surface area (Å²) in [5.74, 6) is 1.16. The van der Waals surface area contributed by atoms with Crippen molar-refractivity contribution >= 4 is 34.8 Å². The Morgan fingerprint density at radius 3 is 2.61 bits per heavy atom. The summed E-state index contributed by atoms with van der Waals surface area (Å²) in [6.45, 7) is 6.54. The molecule has 36 heavy (non-hydrogen) atoms. The SMILES string of the molecule is C=CC(=O)Nc1cccc(Oc2nc(Nc3ccc(N[C@H]4CCN(C(C)=O)C4)cc3)ncc2OC)c1. The fraction of sp³-hybridized carbons (Fsp3) is 0.231. The van der Waals surface area contributed by atoms with Crippen LogP contribution in [0.2, 0.25) is 0 Å². The van der Waals surface area contributed by atoms with E-state index in [2.05, 4.69) is 32.5 Å². The molecule has 10 heteroatoms. The van der Waals surface area contributed by atoms with Crippen LogP contribution in [0.15, 0.2) is 67.4 Å². The number of hydrogen-bond donors (Lipinski definition) is 3. The molecule has 2 aromatic carbocycles. The van der Waals surface area contributed by atoms with E-state index < -0.39 is 0 Å². The van der Waals surface area contributed by atoms with Crippen LogP contribution in [0.1, 0.15) is 13.3 Å². The van der Waals surface area contributed by atoms with Gasteiger partial charge in [0, 0.05) is 49.2 Å². The fourth-order valence-electron chi connectivity index (χ4n) is 3.75. The van der Waals surface area contributed by atoms with Gasteiger partial charge in [0.25, 0.3) is 5.88 Å². The van der Waals surface area contributed by atoms with Gasteiger partial charge in [-0.1, -0.05) is 12.6 Å². The molecular weight excluding hydrogens is 460 g/mol. The summed E-state index contributed by atoms with van der Waals surface area (Å²) in [5.41, 5.74) is 2.32. The molecule has 0 radical (unpaired) electrons. The number of amides is 2. The Morgan fingerprint density at radius 2 is 1.92 bits per heavy atom. The van der Waals surface area contributed by atoms with Crippen molar-refractivity contribution in [2.24, 2.45) is 0 Å². The van der Waals surface area contributed by atoms with Gasteiger partial charge in [-0.2, -0.15) is 4.98 Å². The third-order valence-corrected chi connectivity index (χ3v) is 5.59. The van der Waals surface area contributed by atoms with E-state index in [0.717, 1.165) is 24.3 Å². The van der Waals surface area contributed by atoms with Crippen molar-refractivity contribution in [1.82, 2.24) is 14.9 Å². The molecule has 4 rings (SSSR count). The van der Waals surface area contributed by atoms with Crippen molar-refractivity contribution < 1.29 is 19.1 Å². The molecule has 3 N–H and O–H groups in total. The van der Waals surface area contributed by atoms with Crippen LogP contribution in [-0.4, -0.2) is 52.9 Å². The molecule has 0 unspecified atom stereocenters. The number of nitrogens with one attached hydrogen (secondary N) is 3. The summed E-state index contributed by atoms with van der Waals surface area (Å²) in [6.07, 6.45) is 3.63. The molecule has 1 aliphatic heterocycles. The van der Waals surface area contributed by atoms with Crippen molar-refractivity contribution in [2.75, 3.05) is 36.1 Å². The topological polar surface area (TPSA) is 118 Å². The standard InChI is InChI=1S/C26H28N6O4/c1-4-24(34)29-20-6-5-7-22(14-20)36-25-23(35-3)15-27-26(31-25)30-19-10-8-18(9-11-19)28-21-12-13-32(16-21)17(2)33/h4-11,14-15,21,28H,1,12-13,16H2,2-3H3,(H,29,34)(H,27,30,31)/t21-/m0/s1. The predicted octanol–water partition coefficient (Wildman–Crippen LogP) is 4.18. The zero-order valence-corrected chi connectivity index (χ0v) is 20.2. The lowest BCUT2D eigenvalue weighted by Crippen LogP contribution is -2.29. The van der Waals surface area contributed by atoms with E-state index in [9.17, 15) is 9.59 Å². The average Bonchev–Trinajstić information content (AvgIpc) is 3.34. The smallest absolute Gasteiger partial charge is 0.267 e. The summed E-state index contributed by atoms with van der Waals surface area (Å²) in [6, 6.07) is 14.9. The lowest BCUT2D eigenvalue weighted by Gasteiger charge is -2.16. The average molecular weight is 489 g/mol. The van der Waals surface area contributed by atoms with Crippen LogP contribution in [0, 0.1) is 0 Å². The van der Waals surface area contributed by atoms with E-state index >= 15 is 0 Å². The Morgan fingerprint density at radius 1 is 1.14 bits per heavy atom. The van der Waals surface area contributed by atoms with Gasteiger partial charge in [0.15, 0.2) is 5.75 Å². The summed E-state index contributed by atoms with van der Waals surface area (Å²) in [5, 5.41) is 9.32. The van der Waals surface area contributed by atoms with Crippen molar-refractivity contribution in [3.63, 3.8) is 0 Å². The minimum Gasteiger partial charge on any atom is -0.490 e. The van der Waals surface area contributed by atoms with E-state index in [-0.39, 0.29) is 23.7 Å². The predicted molar refractivity (Wildman–Crippen MR) is 138 cm³/mol. The number of rotatable bonds is 9. The lowest BCUT2D eigenvalue weighted by molar-refractivity contribution is -0.127. The van der Waals surface area contributed by atoms with E-state index in [1.165, 1.54) is 19.4 Å². The molecule has 0 bridgehead atoms. The van der Waals surface area contributed by atoms with Crippen LogP contribution < -0.4 is 25.4 Å². The summed E-state index contributed by atoms with van der Waals surface area (Å²) >= 11 is 0. The second kappa shape index (κ2) is 11.2. The number of methoxy groups -OCH3 is 1. The number of aromatic nitrogens is 2. The number of hydrogen-bond acceptors (Lipinski definition) is 8. The van der Waals surface area contributed by atoms with Gasteiger partial charge in [-0.3, -0.25) is 9.59 Å². The molecular formula is C26H28N6O4. The molecule has 1 atom stereocenters. The highest BCUT2D eigenvalue weighted by Crippen LogP contribution is 2.31. The molecule has 1 aromatic heterocycles. The van der Waals surface area contributed by atoms with E-state index in [0.29, 0.717) is 29.7 Å². The minimum absolute atomic E-state index is 0.105.